The molecule has 3 rings (SSSR count). The van der Waals surface area contributed by atoms with E-state index in [1.807, 2.05) is 0 Å². The molecule has 0 radical (unpaired) electrons. The van der Waals surface area contributed by atoms with Gasteiger partial charge in [0, 0.05) is 19.6 Å². The number of hydrogen-bond acceptors (Lipinski definition) is 4. The summed E-state index contributed by atoms with van der Waals surface area (Å²) in [7, 11) is -6.89. The third-order valence-corrected chi connectivity index (χ3v) is 8.83. The third kappa shape index (κ3) is 5.46. The normalized spacial score (nSPS) is 20.4. The molecule has 0 spiro atoms. The topological polar surface area (TPSA) is 83.6 Å². The molecule has 2 fully saturated rings. The van der Waals surface area contributed by atoms with Crippen molar-refractivity contribution in [2.24, 2.45) is 5.92 Å². The second kappa shape index (κ2) is 7.92. The van der Waals surface area contributed by atoms with Crippen molar-refractivity contribution in [3.05, 3.63) is 35.4 Å². The summed E-state index contributed by atoms with van der Waals surface area (Å²) < 4.78 is 90.5. The van der Waals surface area contributed by atoms with E-state index in [4.69, 9.17) is 0 Å². The molecule has 1 saturated heterocycles. The van der Waals surface area contributed by atoms with Crippen molar-refractivity contribution < 1.29 is 30.0 Å². The van der Waals surface area contributed by atoms with Crippen molar-refractivity contribution in [2.45, 2.75) is 42.9 Å². The van der Waals surface area contributed by atoms with Gasteiger partial charge in [-0.2, -0.15) is 13.2 Å². The van der Waals surface area contributed by atoms with Crippen LogP contribution in [0, 0.1) is 5.92 Å². The molecule has 158 valence electrons. The summed E-state index contributed by atoms with van der Waals surface area (Å²) in [6.07, 6.45) is -1.88. The minimum atomic E-state index is -4.46. The van der Waals surface area contributed by atoms with E-state index in [1.54, 1.807) is 0 Å². The van der Waals surface area contributed by atoms with Gasteiger partial charge in [-0.1, -0.05) is 12.1 Å². The maximum Gasteiger partial charge on any atom is 0.416 e. The van der Waals surface area contributed by atoms with Crippen LogP contribution in [0.15, 0.2) is 24.3 Å². The number of sulfonamides is 2. The average Bonchev–Trinajstić information content (AvgIpc) is 3.45. The summed E-state index contributed by atoms with van der Waals surface area (Å²) in [6.45, 7) is 0.981. The second-order valence-electron chi connectivity index (χ2n) is 7.39. The molecule has 0 atom stereocenters. The van der Waals surface area contributed by atoms with Crippen molar-refractivity contribution in [3.8, 4) is 0 Å². The van der Waals surface area contributed by atoms with Gasteiger partial charge in [-0.15, -0.1) is 0 Å². The average molecular weight is 441 g/mol. The molecule has 28 heavy (non-hydrogen) atoms. The van der Waals surface area contributed by atoms with Crippen LogP contribution in [0.3, 0.4) is 0 Å². The Morgan fingerprint density at radius 2 is 1.54 bits per heavy atom. The fourth-order valence-electron chi connectivity index (χ4n) is 3.25. The van der Waals surface area contributed by atoms with E-state index >= 15 is 0 Å². The van der Waals surface area contributed by atoms with Gasteiger partial charge in [-0.25, -0.2) is 25.9 Å². The van der Waals surface area contributed by atoms with Crippen LogP contribution in [0.1, 0.15) is 36.8 Å². The first-order valence-corrected chi connectivity index (χ1v) is 12.3. The lowest BCUT2D eigenvalue weighted by atomic mass is 9.99. The number of piperidine rings is 1. The lowest BCUT2D eigenvalue weighted by molar-refractivity contribution is -0.137. The lowest BCUT2D eigenvalue weighted by Gasteiger charge is -2.31. The highest BCUT2D eigenvalue weighted by molar-refractivity contribution is 7.90. The summed E-state index contributed by atoms with van der Waals surface area (Å²) in [5.74, 6) is -0.368. The molecule has 0 amide bonds. The molecule has 1 aromatic rings. The Balaban J connectivity index is 1.48. The Morgan fingerprint density at radius 3 is 2.04 bits per heavy atom. The highest BCUT2D eigenvalue weighted by Crippen LogP contribution is 2.33. The smallest absolute Gasteiger partial charge is 0.215 e. The maximum atomic E-state index is 12.6. The molecule has 1 heterocycles. The molecule has 2 aliphatic rings. The van der Waals surface area contributed by atoms with Gasteiger partial charge < -0.3 is 0 Å². The zero-order valence-corrected chi connectivity index (χ0v) is 16.8. The van der Waals surface area contributed by atoms with Crippen molar-refractivity contribution in [3.63, 3.8) is 0 Å². The lowest BCUT2D eigenvalue weighted by Crippen LogP contribution is -2.42. The summed E-state index contributed by atoms with van der Waals surface area (Å²) >= 11 is 0. The molecule has 6 nitrogen and oxygen atoms in total. The van der Waals surface area contributed by atoms with Crippen LogP contribution in [0.25, 0.3) is 0 Å². The Morgan fingerprint density at radius 1 is 0.964 bits per heavy atom. The third-order valence-electron chi connectivity index (χ3n) is 5.11. The van der Waals surface area contributed by atoms with Crippen LogP contribution in [-0.2, 0) is 32.0 Å². The fraction of sp³-hybridized carbons (Fsp3) is 0.647. The summed E-state index contributed by atoms with van der Waals surface area (Å²) in [6, 6.07) is 4.04. The van der Waals surface area contributed by atoms with Crippen LogP contribution in [-0.4, -0.2) is 46.0 Å². The zero-order valence-electron chi connectivity index (χ0n) is 15.2. The Labute approximate surface area is 163 Å². The van der Waals surface area contributed by atoms with E-state index in [0.29, 0.717) is 38.8 Å². The van der Waals surface area contributed by atoms with Gasteiger partial charge >= 0.3 is 6.18 Å². The summed E-state index contributed by atoms with van der Waals surface area (Å²) in [5, 5.41) is -0.244. The van der Waals surface area contributed by atoms with Crippen LogP contribution in [0.5, 0.6) is 0 Å². The predicted molar refractivity (Wildman–Crippen MR) is 98.3 cm³/mol. The van der Waals surface area contributed by atoms with Gasteiger partial charge in [-0.3, -0.25) is 0 Å². The number of halogens is 3. The van der Waals surface area contributed by atoms with Gasteiger partial charge in [0.15, 0.2) is 0 Å². The number of rotatable bonds is 7. The molecule has 1 aliphatic heterocycles. The SMILES string of the molecule is O=S(=O)(Cc1ccc(C(F)(F)F)cc1)NCC1CCN(S(=O)(=O)C2CC2)CC1. The van der Waals surface area contributed by atoms with Crippen molar-refractivity contribution in [1.29, 1.82) is 0 Å². The zero-order chi connectivity index (χ0) is 20.6. The molecule has 1 saturated carbocycles. The molecule has 1 aliphatic carbocycles. The van der Waals surface area contributed by atoms with E-state index in [-0.39, 0.29) is 23.3 Å². The first-order chi connectivity index (χ1) is 13.0. The van der Waals surface area contributed by atoms with Gasteiger partial charge in [0.05, 0.1) is 16.6 Å². The quantitative estimate of drug-likeness (QED) is 0.706. The van der Waals surface area contributed by atoms with Gasteiger partial charge in [-0.05, 0) is 49.3 Å². The predicted octanol–water partition coefficient (Wildman–Crippen LogP) is 2.33. The van der Waals surface area contributed by atoms with Crippen molar-refractivity contribution in [1.82, 2.24) is 9.03 Å². The molecule has 1 aromatic carbocycles. The monoisotopic (exact) mass is 440 g/mol. The Hall–Kier alpha value is -1.17. The van der Waals surface area contributed by atoms with Gasteiger partial charge in [0.25, 0.3) is 0 Å². The summed E-state index contributed by atoms with van der Waals surface area (Å²) in [4.78, 5) is 0. The fourth-order valence-corrected chi connectivity index (χ4v) is 6.35. The van der Waals surface area contributed by atoms with E-state index < -0.39 is 37.5 Å². The van der Waals surface area contributed by atoms with Crippen molar-refractivity contribution in [2.75, 3.05) is 19.6 Å². The van der Waals surface area contributed by atoms with Gasteiger partial charge in [0.2, 0.25) is 20.0 Å². The minimum absolute atomic E-state index is 0.0352. The van der Waals surface area contributed by atoms with E-state index in [2.05, 4.69) is 4.72 Å². The van der Waals surface area contributed by atoms with Gasteiger partial charge in [0.1, 0.15) is 0 Å². The highest BCUT2D eigenvalue weighted by Gasteiger charge is 2.41. The molecular weight excluding hydrogens is 417 g/mol. The second-order valence-corrected chi connectivity index (χ2v) is 11.4. The van der Waals surface area contributed by atoms with E-state index in [1.165, 1.54) is 4.31 Å². The molecular formula is C17H23F3N2O4S2. The standard InChI is InChI=1S/C17H23F3N2O4S2/c18-17(19,20)15-3-1-14(2-4-15)12-27(23,24)21-11-13-7-9-22(10-8-13)28(25,26)16-5-6-16/h1-4,13,16,21H,5-12H2. The van der Waals surface area contributed by atoms with Crippen LogP contribution < -0.4 is 4.72 Å². The first-order valence-electron chi connectivity index (χ1n) is 9.10. The molecule has 11 heteroatoms. The maximum absolute atomic E-state index is 12.6. The van der Waals surface area contributed by atoms with E-state index in [9.17, 15) is 30.0 Å². The van der Waals surface area contributed by atoms with Crippen molar-refractivity contribution >= 4 is 20.0 Å². The number of alkyl halides is 3. The molecule has 0 unspecified atom stereocenters. The molecule has 1 N–H and O–H groups in total. The molecule has 0 aromatic heterocycles. The molecule has 0 bridgehead atoms. The number of nitrogens with zero attached hydrogens (tertiary/aromatic N) is 1. The van der Waals surface area contributed by atoms with Crippen LogP contribution in [0.2, 0.25) is 0 Å². The largest absolute Gasteiger partial charge is 0.416 e. The number of nitrogens with one attached hydrogen (secondary N) is 1. The first kappa shape index (κ1) is 21.5. The Kier molecular flexibility index (Phi) is 6.09. The van der Waals surface area contributed by atoms with Crippen LogP contribution >= 0.6 is 0 Å². The highest BCUT2D eigenvalue weighted by atomic mass is 32.2. The number of benzene rings is 1. The number of hydrogen-bond donors (Lipinski definition) is 1. The Bertz CT molecular complexity index is 887. The van der Waals surface area contributed by atoms with E-state index in [0.717, 1.165) is 24.3 Å². The minimum Gasteiger partial charge on any atom is -0.215 e. The summed E-state index contributed by atoms with van der Waals surface area (Å²) in [5.41, 5.74) is -0.555. The van der Waals surface area contributed by atoms with Crippen LogP contribution in [0.4, 0.5) is 13.2 Å².